The number of hydrogen-bond donors (Lipinski definition) is 9. The summed E-state index contributed by atoms with van der Waals surface area (Å²) in [5.74, 6) is 0.0461. The number of pyridine rings is 2. The van der Waals surface area contributed by atoms with Crippen molar-refractivity contribution in [2.75, 3.05) is 53.4 Å². The number of carbonyl (C=O) groups excluding carboxylic acids is 9. The number of nitrogens with zero attached hydrogens (tertiary/aromatic N) is 6. The number of urea groups is 2. The van der Waals surface area contributed by atoms with Gasteiger partial charge < -0.3 is 57.4 Å². The molecule has 4 aliphatic rings. The third-order valence-corrected chi connectivity index (χ3v) is 23.8. The molecule has 0 spiro atoms. The number of carbonyl (C=O) groups is 9. The zero-order chi connectivity index (χ0) is 78.8. The van der Waals surface area contributed by atoms with E-state index in [1.54, 1.807) is 65.8 Å². The Morgan fingerprint density at radius 1 is 0.600 bits per heavy atom. The van der Waals surface area contributed by atoms with Gasteiger partial charge >= 0.3 is 12.1 Å². The van der Waals surface area contributed by atoms with Crippen LogP contribution in [0.3, 0.4) is 0 Å². The van der Waals surface area contributed by atoms with Crippen LogP contribution in [0.1, 0.15) is 144 Å². The van der Waals surface area contributed by atoms with E-state index in [4.69, 9.17) is 12.8 Å². The van der Waals surface area contributed by atoms with Gasteiger partial charge in [0.25, 0.3) is 31.9 Å². The molecule has 30 heteroatoms. The Balaban J connectivity index is 0.000000440. The molecule has 105 heavy (non-hydrogen) atoms. The minimum atomic E-state index is -3.96. The molecule has 2 saturated carbocycles. The van der Waals surface area contributed by atoms with Crippen molar-refractivity contribution in [3.8, 4) is 24.7 Å². The lowest BCUT2D eigenvalue weighted by atomic mass is 9.85. The van der Waals surface area contributed by atoms with E-state index in [1.807, 2.05) is 69.2 Å². The molecule has 2 aliphatic carbocycles. The predicted octanol–water partition coefficient (Wildman–Crippen LogP) is 4.59. The van der Waals surface area contributed by atoms with Crippen LogP contribution in [0, 0.1) is 80.8 Å². The number of terminal acetylenes is 2. The molecular weight excluding hydrogens is 1390 g/mol. The van der Waals surface area contributed by atoms with Gasteiger partial charge in [0.2, 0.25) is 29.4 Å². The van der Waals surface area contributed by atoms with Crippen molar-refractivity contribution in [1.82, 2.24) is 70.9 Å². The summed E-state index contributed by atoms with van der Waals surface area (Å²) in [6.07, 6.45) is 15.4. The van der Waals surface area contributed by atoms with Gasteiger partial charge in [0.05, 0.1) is 12.1 Å². The van der Waals surface area contributed by atoms with E-state index in [1.165, 1.54) is 60.6 Å². The number of fused-ring (bicyclic) bond motifs is 2. The molecule has 4 fully saturated rings. The van der Waals surface area contributed by atoms with Crippen LogP contribution in [0.15, 0.2) is 84.2 Å². The van der Waals surface area contributed by atoms with Gasteiger partial charge in [-0.1, -0.05) is 142 Å². The summed E-state index contributed by atoms with van der Waals surface area (Å²) in [6.45, 7) is 37.7. The Kier molecular flexibility index (Phi) is 30.0. The van der Waals surface area contributed by atoms with Gasteiger partial charge in [-0.2, -0.15) is 8.61 Å². The Hall–Kier alpha value is -8.29. The fourth-order valence-electron chi connectivity index (χ4n) is 13.5. The molecule has 2 aromatic rings. The standard InChI is InChI=1S/C37H57N7O7S.C37H55N7O7S.CH4/c2*1-12-14-17-24(29(45)32(47)39-19-13-2)40-31(46)28-27-23(37(27,9)10)21-44(28)33(48)30(36(6,7)8)42-34(49)41-25(35(3,4)5)22-43(11)52(50,51)26-18-15-16-20-38-26;/h1,13,15-16,18,20,23-25,27-30,45H,2,14,17,19,21-22H2,3-11H3,(H,39,47)(H,40,46)(H2,41,42,49);1,13,15-16,18,20,23-25,27-28,30H,2,14,17,19,21-22H2,3-11H3,(H,39,47)(H,40,46)(H2,41,42,49);1H4/t23-,24?,25+,27-,28-,29?,30+;23-,24?,25+,27-,28-,30+;/m00./s1. The first-order valence-electron chi connectivity index (χ1n) is 35.0. The third kappa shape index (κ3) is 21.9. The summed E-state index contributed by atoms with van der Waals surface area (Å²) >= 11 is 0. The molecule has 28 nitrogen and oxygen atoms in total. The Bertz CT molecular complexity index is 3790. The topological polar surface area (TPSA) is 377 Å². The Morgan fingerprint density at radius 2 is 0.981 bits per heavy atom. The number of piperidine rings is 2. The van der Waals surface area contributed by atoms with Crippen molar-refractivity contribution >= 4 is 73.3 Å². The number of Topliss-reactive ketones (excluding diaryl/α,β-unsaturated/α-hetero) is 1. The second-order valence-corrected chi connectivity index (χ2v) is 36.8. The Morgan fingerprint density at radius 3 is 1.33 bits per heavy atom. The van der Waals surface area contributed by atoms with Gasteiger partial charge in [-0.25, -0.2) is 36.4 Å². The molecule has 0 bridgehead atoms. The predicted molar refractivity (Wildman–Crippen MR) is 401 cm³/mol. The van der Waals surface area contributed by atoms with Crippen LogP contribution in [0.2, 0.25) is 0 Å². The first-order valence-corrected chi connectivity index (χ1v) is 37.8. The maximum Gasteiger partial charge on any atom is 0.315 e. The molecule has 6 rings (SSSR count). The fourth-order valence-corrected chi connectivity index (χ4v) is 15.7. The van der Waals surface area contributed by atoms with Crippen molar-refractivity contribution in [2.45, 2.75) is 208 Å². The van der Waals surface area contributed by atoms with Crippen LogP contribution in [0.25, 0.3) is 0 Å². The van der Waals surface area contributed by atoms with E-state index in [-0.39, 0.29) is 117 Å². The van der Waals surface area contributed by atoms with E-state index >= 15 is 0 Å². The highest BCUT2D eigenvalue weighted by molar-refractivity contribution is 7.89. The van der Waals surface area contributed by atoms with Crippen molar-refractivity contribution in [3.63, 3.8) is 0 Å². The summed E-state index contributed by atoms with van der Waals surface area (Å²) in [6, 6.07) is 0.163. The van der Waals surface area contributed by atoms with Crippen molar-refractivity contribution in [3.05, 3.63) is 74.1 Å². The monoisotopic (exact) mass is 1500 g/mol. The lowest BCUT2D eigenvalue weighted by Gasteiger charge is -2.39. The number of amides is 10. The molecular formula is C75H116N14O14S2. The van der Waals surface area contributed by atoms with Crippen molar-refractivity contribution < 1.29 is 65.1 Å². The van der Waals surface area contributed by atoms with E-state index in [2.05, 4.69) is 77.5 Å². The number of ketones is 1. The highest BCUT2D eigenvalue weighted by Crippen LogP contribution is 2.66. The maximum atomic E-state index is 14.4. The molecule has 0 radical (unpaired) electrons. The van der Waals surface area contributed by atoms with Gasteiger partial charge in [-0.15, -0.1) is 37.8 Å². The lowest BCUT2D eigenvalue weighted by molar-refractivity contribution is -0.145. The second kappa shape index (κ2) is 35.4. The van der Waals surface area contributed by atoms with E-state index in [9.17, 15) is 65.1 Å². The van der Waals surface area contributed by atoms with Gasteiger partial charge in [0.15, 0.2) is 16.2 Å². The first kappa shape index (κ1) is 89.1. The number of likely N-dealkylation sites (N-methyl/N-ethyl adjacent to an activating group) is 2. The number of likely N-dealkylation sites (tertiary alicyclic amines) is 2. The quantitative estimate of drug-likeness (QED) is 0.0293. The van der Waals surface area contributed by atoms with Crippen LogP contribution in [0.4, 0.5) is 9.59 Å². The van der Waals surface area contributed by atoms with Gasteiger partial charge in [-0.05, 0) is 93.3 Å². The zero-order valence-electron chi connectivity index (χ0n) is 63.7. The highest BCUT2D eigenvalue weighted by Gasteiger charge is 2.71. The van der Waals surface area contributed by atoms with Crippen LogP contribution >= 0.6 is 0 Å². The van der Waals surface area contributed by atoms with Gasteiger partial charge in [-0.3, -0.25) is 33.6 Å². The van der Waals surface area contributed by atoms with Crippen molar-refractivity contribution in [1.29, 1.82) is 0 Å². The van der Waals surface area contributed by atoms with Crippen molar-refractivity contribution in [2.24, 2.45) is 56.2 Å². The van der Waals surface area contributed by atoms with Crippen LogP contribution in [-0.4, -0.2) is 211 Å². The number of aliphatic hydroxyl groups excluding tert-OH is 1. The average Bonchev–Trinajstić information content (AvgIpc) is 1.53. The lowest BCUT2D eigenvalue weighted by Crippen LogP contribution is -2.63. The highest BCUT2D eigenvalue weighted by atomic mass is 32.2. The third-order valence-electron chi connectivity index (χ3n) is 20.3. The summed E-state index contributed by atoms with van der Waals surface area (Å²) in [5, 5.41) is 32.5. The smallest absolute Gasteiger partial charge is 0.315 e. The Labute approximate surface area is 622 Å². The molecule has 0 aromatic carbocycles. The summed E-state index contributed by atoms with van der Waals surface area (Å²) in [4.78, 5) is 133. The number of rotatable bonds is 30. The molecule has 4 heterocycles. The van der Waals surface area contributed by atoms with Crippen LogP contribution in [0.5, 0.6) is 0 Å². The van der Waals surface area contributed by atoms with Crippen LogP contribution < -0.4 is 42.5 Å². The number of aliphatic hydroxyl groups is 1. The zero-order valence-corrected chi connectivity index (χ0v) is 65.3. The second-order valence-electron chi connectivity index (χ2n) is 32.9. The summed E-state index contributed by atoms with van der Waals surface area (Å²) in [5.41, 5.74) is -3.32. The molecule has 3 unspecified atom stereocenters. The number of sulfonamides is 2. The largest absolute Gasteiger partial charge is 0.381 e. The van der Waals surface area contributed by atoms with E-state index < -0.39 is 149 Å². The van der Waals surface area contributed by atoms with Gasteiger partial charge in [0.1, 0.15) is 24.2 Å². The summed E-state index contributed by atoms with van der Waals surface area (Å²) in [7, 11) is -5.09. The SMILES string of the molecule is C.C#CCCC(NC(=O)[C@@H]1[C@@H]2[C@H](CN1C(=O)[C@@H](NC(=O)N[C@H](CN(C)S(=O)(=O)c1ccccn1)C(C)(C)C)C(C)(C)C)C2(C)C)C(=O)C(=O)NCC=C.C#CCCC(NC(=O)[C@@H]1[C@@H]2[C@H](CN1C(=O)[C@@H](NC(=O)N[C@H](CN(C)S(=O)(=O)c1ccccn1)C(C)(C)C)C(C)(C)C)C2(C)C)C(O)C(=O)NCC=C. The molecule has 2 saturated heterocycles. The van der Waals surface area contributed by atoms with Gasteiger partial charge in [0, 0.05) is 90.7 Å². The minimum Gasteiger partial charge on any atom is -0.381 e. The molecule has 582 valence electrons. The molecule has 9 N–H and O–H groups in total. The summed E-state index contributed by atoms with van der Waals surface area (Å²) < 4.78 is 55.2. The van der Waals surface area contributed by atoms with Crippen LogP contribution in [-0.2, 0) is 53.6 Å². The average molecular weight is 1500 g/mol. The first-order chi connectivity index (χ1) is 48.0. The number of nitrogens with one attached hydrogen (secondary N) is 8. The minimum absolute atomic E-state index is 0. The number of aromatic nitrogens is 2. The molecule has 2 aromatic heterocycles. The molecule has 13 atom stereocenters. The number of hydrogen-bond acceptors (Lipinski definition) is 16. The molecule has 10 amide bonds. The normalized spacial score (nSPS) is 21.2. The molecule has 2 aliphatic heterocycles. The van der Waals surface area contributed by atoms with E-state index in [0.29, 0.717) is 0 Å². The fraction of sp³-hybridized carbons (Fsp3) is 0.640. The van der Waals surface area contributed by atoms with E-state index in [0.717, 1.165) is 8.61 Å². The maximum absolute atomic E-state index is 14.4.